The molecule has 0 fully saturated rings. The highest BCUT2D eigenvalue weighted by atomic mass is 16.6. The topological polar surface area (TPSA) is 88.3 Å². The first-order valence-corrected chi connectivity index (χ1v) is 5.51. The Kier molecular flexibility index (Phi) is 4.39. The Morgan fingerprint density at radius 2 is 2.35 bits per heavy atom. The van der Waals surface area contributed by atoms with Crippen LogP contribution in [0.5, 0.6) is 0 Å². The first-order chi connectivity index (χ1) is 7.94. The van der Waals surface area contributed by atoms with E-state index in [9.17, 15) is 15.2 Å². The average molecular weight is 239 g/mol. The lowest BCUT2D eigenvalue weighted by Gasteiger charge is -2.23. The monoisotopic (exact) mass is 239 g/mol. The van der Waals surface area contributed by atoms with Gasteiger partial charge in [-0.3, -0.25) is 10.1 Å². The molecular formula is C11H17N3O3. The maximum Gasteiger partial charge on any atom is 0.274 e. The lowest BCUT2D eigenvalue weighted by Crippen LogP contribution is -2.33. The van der Waals surface area contributed by atoms with Gasteiger partial charge in [0, 0.05) is 18.8 Å². The molecule has 1 heterocycles. The molecule has 6 heteroatoms. The van der Waals surface area contributed by atoms with Gasteiger partial charge in [0.2, 0.25) is 0 Å². The molecule has 0 spiro atoms. The Labute approximate surface area is 99.8 Å². The molecule has 94 valence electrons. The molecule has 0 aliphatic rings. The fourth-order valence-electron chi connectivity index (χ4n) is 1.54. The van der Waals surface area contributed by atoms with Crippen LogP contribution < -0.4 is 5.32 Å². The van der Waals surface area contributed by atoms with Crippen molar-refractivity contribution in [2.24, 2.45) is 0 Å². The molecule has 1 rings (SSSR count). The Bertz CT molecular complexity index is 393. The van der Waals surface area contributed by atoms with Crippen molar-refractivity contribution in [2.45, 2.75) is 32.3 Å². The van der Waals surface area contributed by atoms with E-state index in [4.69, 9.17) is 0 Å². The number of nitrogens with one attached hydrogen (secondary N) is 1. The molecule has 1 unspecified atom stereocenters. The Morgan fingerprint density at radius 1 is 1.65 bits per heavy atom. The first kappa shape index (κ1) is 13.4. The number of aliphatic hydroxyl groups is 1. The van der Waals surface area contributed by atoms with Crippen molar-refractivity contribution in [3.8, 4) is 0 Å². The van der Waals surface area contributed by atoms with E-state index in [2.05, 4.69) is 10.3 Å². The van der Waals surface area contributed by atoms with Crippen molar-refractivity contribution in [3.63, 3.8) is 0 Å². The Morgan fingerprint density at radius 3 is 2.94 bits per heavy atom. The van der Waals surface area contributed by atoms with Crippen LogP contribution in [0, 0.1) is 10.1 Å². The van der Waals surface area contributed by atoms with Crippen LogP contribution in [0.4, 0.5) is 11.5 Å². The first-order valence-electron chi connectivity index (χ1n) is 5.51. The highest BCUT2D eigenvalue weighted by Crippen LogP contribution is 2.16. The smallest absolute Gasteiger partial charge is 0.274 e. The van der Waals surface area contributed by atoms with Gasteiger partial charge < -0.3 is 10.4 Å². The van der Waals surface area contributed by atoms with Crippen LogP contribution in [0.3, 0.4) is 0 Å². The molecule has 0 aliphatic carbocycles. The minimum Gasteiger partial charge on any atom is -0.388 e. The van der Waals surface area contributed by atoms with Gasteiger partial charge in [-0.2, -0.15) is 0 Å². The molecule has 17 heavy (non-hydrogen) atoms. The summed E-state index contributed by atoms with van der Waals surface area (Å²) < 4.78 is 0. The number of pyridine rings is 1. The molecule has 1 aromatic heterocycles. The maximum absolute atomic E-state index is 10.6. The maximum atomic E-state index is 10.6. The summed E-state index contributed by atoms with van der Waals surface area (Å²) >= 11 is 0. The standard InChI is InChI=1S/C11H17N3O3/c1-3-5-11(2,15)8-13-10-7-9(14(16)17)4-6-12-10/h4,6-7,15H,3,5,8H2,1-2H3,(H,12,13). The molecule has 0 saturated heterocycles. The highest BCUT2D eigenvalue weighted by Gasteiger charge is 2.19. The molecule has 1 aromatic rings. The zero-order valence-electron chi connectivity index (χ0n) is 10.0. The van der Waals surface area contributed by atoms with Crippen LogP contribution in [0.1, 0.15) is 26.7 Å². The van der Waals surface area contributed by atoms with Gasteiger partial charge in [-0.15, -0.1) is 0 Å². The molecule has 6 nitrogen and oxygen atoms in total. The van der Waals surface area contributed by atoms with Crippen molar-refractivity contribution in [1.29, 1.82) is 0 Å². The second-order valence-corrected chi connectivity index (χ2v) is 4.26. The second kappa shape index (κ2) is 5.58. The molecular weight excluding hydrogens is 222 g/mol. The van der Waals surface area contributed by atoms with E-state index >= 15 is 0 Å². The normalized spacial score (nSPS) is 14.1. The van der Waals surface area contributed by atoms with E-state index in [1.807, 2.05) is 6.92 Å². The average Bonchev–Trinajstić information content (AvgIpc) is 2.27. The van der Waals surface area contributed by atoms with E-state index < -0.39 is 10.5 Å². The number of aromatic nitrogens is 1. The van der Waals surface area contributed by atoms with Gasteiger partial charge in [-0.1, -0.05) is 13.3 Å². The summed E-state index contributed by atoms with van der Waals surface area (Å²) in [6, 6.07) is 2.68. The van der Waals surface area contributed by atoms with Crippen LogP contribution in [0.2, 0.25) is 0 Å². The largest absolute Gasteiger partial charge is 0.388 e. The minimum atomic E-state index is -0.832. The molecule has 0 bridgehead atoms. The molecule has 0 radical (unpaired) electrons. The summed E-state index contributed by atoms with van der Waals surface area (Å²) in [6.07, 6.45) is 2.90. The Balaban J connectivity index is 2.63. The van der Waals surface area contributed by atoms with Crippen molar-refractivity contribution < 1.29 is 10.0 Å². The van der Waals surface area contributed by atoms with Crippen LogP contribution in [0.15, 0.2) is 18.3 Å². The van der Waals surface area contributed by atoms with Gasteiger partial charge in [0.15, 0.2) is 0 Å². The second-order valence-electron chi connectivity index (χ2n) is 4.26. The third kappa shape index (κ3) is 4.36. The van der Waals surface area contributed by atoms with Crippen molar-refractivity contribution in [3.05, 3.63) is 28.4 Å². The van der Waals surface area contributed by atoms with Gasteiger partial charge in [0.25, 0.3) is 5.69 Å². The minimum absolute atomic E-state index is 0.0161. The zero-order chi connectivity index (χ0) is 12.9. The lowest BCUT2D eigenvalue weighted by atomic mass is 10.0. The van der Waals surface area contributed by atoms with Crippen LogP contribution in [-0.4, -0.2) is 27.2 Å². The summed E-state index contributed by atoms with van der Waals surface area (Å²) in [5, 5.41) is 23.4. The number of nitrogens with zero attached hydrogens (tertiary/aromatic N) is 2. The predicted molar refractivity (Wildman–Crippen MR) is 64.9 cm³/mol. The van der Waals surface area contributed by atoms with E-state index in [0.29, 0.717) is 18.8 Å². The van der Waals surface area contributed by atoms with Crippen molar-refractivity contribution >= 4 is 11.5 Å². The number of hydrogen-bond donors (Lipinski definition) is 2. The van der Waals surface area contributed by atoms with Crippen LogP contribution in [0.25, 0.3) is 0 Å². The summed E-state index contributed by atoms with van der Waals surface area (Å²) in [5.74, 6) is 0.399. The van der Waals surface area contributed by atoms with Gasteiger partial charge >= 0.3 is 0 Å². The van der Waals surface area contributed by atoms with Gasteiger partial charge in [-0.05, 0) is 13.3 Å². The zero-order valence-corrected chi connectivity index (χ0v) is 10.0. The summed E-state index contributed by atoms with van der Waals surface area (Å²) in [4.78, 5) is 14.0. The van der Waals surface area contributed by atoms with Gasteiger partial charge in [0.05, 0.1) is 16.6 Å². The van der Waals surface area contributed by atoms with Crippen molar-refractivity contribution in [2.75, 3.05) is 11.9 Å². The molecule has 1 atom stereocenters. The fourth-order valence-corrected chi connectivity index (χ4v) is 1.54. The predicted octanol–water partition coefficient (Wildman–Crippen LogP) is 1.95. The number of rotatable bonds is 6. The summed E-state index contributed by atoms with van der Waals surface area (Å²) in [5.41, 5.74) is -0.848. The van der Waals surface area contributed by atoms with E-state index in [1.165, 1.54) is 18.3 Å². The lowest BCUT2D eigenvalue weighted by molar-refractivity contribution is -0.384. The van der Waals surface area contributed by atoms with E-state index in [1.54, 1.807) is 6.92 Å². The van der Waals surface area contributed by atoms with E-state index in [0.717, 1.165) is 6.42 Å². The third-order valence-corrected chi connectivity index (χ3v) is 2.39. The van der Waals surface area contributed by atoms with Crippen molar-refractivity contribution in [1.82, 2.24) is 4.98 Å². The third-order valence-electron chi connectivity index (χ3n) is 2.39. The molecule has 0 amide bonds. The Hall–Kier alpha value is -1.69. The van der Waals surface area contributed by atoms with Gasteiger partial charge in [-0.25, -0.2) is 4.98 Å². The number of anilines is 1. The molecule has 2 N–H and O–H groups in total. The molecule has 0 aromatic carbocycles. The number of nitro groups is 1. The molecule has 0 aliphatic heterocycles. The highest BCUT2D eigenvalue weighted by molar-refractivity contribution is 5.44. The summed E-state index contributed by atoms with van der Waals surface area (Å²) in [6.45, 7) is 4.02. The fraction of sp³-hybridized carbons (Fsp3) is 0.545. The number of hydrogen-bond acceptors (Lipinski definition) is 5. The van der Waals surface area contributed by atoms with Gasteiger partial charge in [0.1, 0.15) is 5.82 Å². The summed E-state index contributed by atoms with van der Waals surface area (Å²) in [7, 11) is 0. The molecule has 0 saturated carbocycles. The van der Waals surface area contributed by atoms with Crippen LogP contribution in [-0.2, 0) is 0 Å². The van der Waals surface area contributed by atoms with Crippen LogP contribution >= 0.6 is 0 Å². The SMILES string of the molecule is CCCC(C)(O)CNc1cc([N+](=O)[O-])ccn1. The van der Waals surface area contributed by atoms with E-state index in [-0.39, 0.29) is 5.69 Å². The quantitative estimate of drug-likeness (QED) is 0.585.